The molecule has 2 heterocycles. The van der Waals surface area contributed by atoms with E-state index in [-0.39, 0.29) is 6.04 Å². The van der Waals surface area contributed by atoms with Crippen LogP contribution in [0.1, 0.15) is 33.9 Å². The zero-order chi connectivity index (χ0) is 25.2. The lowest BCUT2D eigenvalue weighted by atomic mass is 9.83. The van der Waals surface area contributed by atoms with Crippen molar-refractivity contribution in [2.75, 3.05) is 27.4 Å². The number of fused-ring (bicyclic) bond motifs is 4. The van der Waals surface area contributed by atoms with Gasteiger partial charge in [0.15, 0.2) is 29.6 Å². The number of carbonyl (C=O) groups is 1. The molecule has 1 unspecified atom stereocenters. The van der Waals surface area contributed by atoms with Crippen LogP contribution in [0.3, 0.4) is 0 Å². The molecule has 36 heavy (non-hydrogen) atoms. The van der Waals surface area contributed by atoms with Crippen LogP contribution in [0, 0.1) is 0 Å². The lowest BCUT2D eigenvalue weighted by molar-refractivity contribution is -0.139. The average Bonchev–Trinajstić information content (AvgIpc) is 2.90. The normalized spacial score (nSPS) is 16.4. The molecular weight excluding hydrogens is 482 g/mol. The highest BCUT2D eigenvalue weighted by atomic mass is 35.5. The standard InChI is InChI=1S/C28H28ClNO6/c1-33-24-10-18-8-9-30-14-21-20(22(29)13-26(34-2)28(21)36-16-27(31)32)11-23(30)19(18)12-25(24)35-15-17-6-4-3-5-7-17/h3-7,10,12-13,23H,8-9,11,14-16H2,1-2H3,(H,31,32). The molecule has 3 aromatic carbocycles. The van der Waals surface area contributed by atoms with Crippen molar-refractivity contribution in [3.8, 4) is 23.0 Å². The van der Waals surface area contributed by atoms with E-state index in [1.807, 2.05) is 30.3 Å². The fraction of sp³-hybridized carbons (Fsp3) is 0.321. The zero-order valence-corrected chi connectivity index (χ0v) is 21.0. The number of halogens is 1. The van der Waals surface area contributed by atoms with Gasteiger partial charge >= 0.3 is 5.97 Å². The van der Waals surface area contributed by atoms with Crippen molar-refractivity contribution in [1.29, 1.82) is 0 Å². The third-order valence-electron chi connectivity index (χ3n) is 6.86. The number of aliphatic carboxylic acids is 1. The minimum absolute atomic E-state index is 0.101. The molecule has 5 rings (SSSR count). The summed E-state index contributed by atoms with van der Waals surface area (Å²) in [6.45, 7) is 1.43. The molecule has 0 aromatic heterocycles. The third-order valence-corrected chi connectivity index (χ3v) is 7.19. The van der Waals surface area contributed by atoms with Gasteiger partial charge in [0.1, 0.15) is 6.61 Å². The number of benzene rings is 3. The van der Waals surface area contributed by atoms with Gasteiger partial charge in [0, 0.05) is 35.8 Å². The minimum Gasteiger partial charge on any atom is -0.493 e. The molecule has 0 radical (unpaired) electrons. The van der Waals surface area contributed by atoms with Crippen LogP contribution in [0.5, 0.6) is 23.0 Å². The first-order valence-corrected chi connectivity index (χ1v) is 12.2. The summed E-state index contributed by atoms with van der Waals surface area (Å²) in [5, 5.41) is 9.74. The maximum absolute atomic E-state index is 11.2. The van der Waals surface area contributed by atoms with Crippen molar-refractivity contribution in [2.45, 2.75) is 32.0 Å². The van der Waals surface area contributed by atoms with E-state index < -0.39 is 12.6 Å². The summed E-state index contributed by atoms with van der Waals surface area (Å²) in [6.07, 6.45) is 1.53. The van der Waals surface area contributed by atoms with Gasteiger partial charge in [-0.1, -0.05) is 41.9 Å². The third kappa shape index (κ3) is 4.68. The summed E-state index contributed by atoms with van der Waals surface area (Å²) in [5.74, 6) is 1.28. The van der Waals surface area contributed by atoms with E-state index in [1.54, 1.807) is 13.2 Å². The van der Waals surface area contributed by atoms with E-state index in [4.69, 9.17) is 35.7 Å². The summed E-state index contributed by atoms with van der Waals surface area (Å²) in [4.78, 5) is 13.6. The van der Waals surface area contributed by atoms with Crippen molar-refractivity contribution in [3.63, 3.8) is 0 Å². The Labute approximate surface area is 215 Å². The van der Waals surface area contributed by atoms with Gasteiger partial charge in [0.2, 0.25) is 0 Å². The summed E-state index contributed by atoms with van der Waals surface area (Å²) in [7, 11) is 3.19. The van der Waals surface area contributed by atoms with Crippen LogP contribution in [0.15, 0.2) is 48.5 Å². The first-order valence-electron chi connectivity index (χ1n) is 11.8. The number of carboxylic acid groups (broad SMARTS) is 1. The Kier molecular flexibility index (Phi) is 6.94. The molecular formula is C28H28ClNO6. The van der Waals surface area contributed by atoms with Gasteiger partial charge in [0.05, 0.1) is 14.2 Å². The fourth-order valence-electron chi connectivity index (χ4n) is 5.12. The second-order valence-electron chi connectivity index (χ2n) is 8.95. The lowest BCUT2D eigenvalue weighted by Gasteiger charge is -2.42. The molecule has 1 N–H and O–H groups in total. The molecule has 0 saturated carbocycles. The Bertz CT molecular complexity index is 1280. The molecule has 2 aliphatic heterocycles. The average molecular weight is 510 g/mol. The monoisotopic (exact) mass is 509 g/mol. The van der Waals surface area contributed by atoms with Gasteiger partial charge in [-0.15, -0.1) is 0 Å². The maximum atomic E-state index is 11.2. The van der Waals surface area contributed by atoms with Crippen molar-refractivity contribution >= 4 is 17.6 Å². The predicted octanol–water partition coefficient (Wildman–Crippen LogP) is 5.06. The van der Waals surface area contributed by atoms with Crippen LogP contribution in [0.25, 0.3) is 0 Å². The topological polar surface area (TPSA) is 77.5 Å². The van der Waals surface area contributed by atoms with E-state index in [0.717, 1.165) is 35.4 Å². The molecule has 0 spiro atoms. The Morgan fingerprint density at radius 3 is 2.53 bits per heavy atom. The number of carboxylic acids is 1. The fourth-order valence-corrected chi connectivity index (χ4v) is 5.41. The van der Waals surface area contributed by atoms with Crippen LogP contribution in [-0.2, 0) is 30.8 Å². The van der Waals surface area contributed by atoms with E-state index in [0.29, 0.717) is 41.8 Å². The molecule has 0 aliphatic carbocycles. The van der Waals surface area contributed by atoms with Crippen molar-refractivity contribution in [2.24, 2.45) is 0 Å². The van der Waals surface area contributed by atoms with E-state index in [2.05, 4.69) is 17.0 Å². The zero-order valence-electron chi connectivity index (χ0n) is 20.3. The van der Waals surface area contributed by atoms with E-state index >= 15 is 0 Å². The highest BCUT2D eigenvalue weighted by Crippen LogP contribution is 2.48. The van der Waals surface area contributed by atoms with Crippen LogP contribution < -0.4 is 18.9 Å². The second-order valence-corrected chi connectivity index (χ2v) is 9.35. The van der Waals surface area contributed by atoms with Crippen molar-refractivity contribution in [1.82, 2.24) is 4.90 Å². The largest absolute Gasteiger partial charge is 0.493 e. The van der Waals surface area contributed by atoms with E-state index in [9.17, 15) is 4.79 Å². The summed E-state index contributed by atoms with van der Waals surface area (Å²) in [6, 6.07) is 16.0. The molecule has 0 fully saturated rings. The maximum Gasteiger partial charge on any atom is 0.341 e. The summed E-state index contributed by atoms with van der Waals surface area (Å²) < 4.78 is 23.0. The van der Waals surface area contributed by atoms with Crippen LogP contribution in [-0.4, -0.2) is 43.3 Å². The molecule has 0 bridgehead atoms. The Morgan fingerprint density at radius 1 is 1.03 bits per heavy atom. The van der Waals surface area contributed by atoms with Gasteiger partial charge < -0.3 is 24.1 Å². The number of ether oxygens (including phenoxy) is 4. The van der Waals surface area contributed by atoms with Gasteiger partial charge in [-0.05, 0) is 47.2 Å². The molecule has 7 nitrogen and oxygen atoms in total. The summed E-state index contributed by atoms with van der Waals surface area (Å²) in [5.41, 5.74) is 5.34. The molecule has 188 valence electrons. The number of rotatable bonds is 8. The summed E-state index contributed by atoms with van der Waals surface area (Å²) >= 11 is 6.70. The molecule has 1 atom stereocenters. The number of hydrogen-bond donors (Lipinski definition) is 1. The van der Waals surface area contributed by atoms with Gasteiger partial charge in [-0.25, -0.2) is 4.79 Å². The van der Waals surface area contributed by atoms with Crippen LogP contribution in [0.2, 0.25) is 5.02 Å². The first kappa shape index (κ1) is 24.3. The number of hydrogen-bond acceptors (Lipinski definition) is 6. The van der Waals surface area contributed by atoms with Crippen LogP contribution >= 0.6 is 11.6 Å². The van der Waals surface area contributed by atoms with Gasteiger partial charge in [-0.3, -0.25) is 4.90 Å². The van der Waals surface area contributed by atoms with Gasteiger partial charge in [0.25, 0.3) is 0 Å². The van der Waals surface area contributed by atoms with Crippen molar-refractivity contribution < 1.29 is 28.8 Å². The van der Waals surface area contributed by atoms with E-state index in [1.165, 1.54) is 18.2 Å². The SMILES string of the molecule is COc1cc2c(cc1OCc1ccccc1)C1Cc3c(Cl)cc(OC)c(OCC(=O)O)c3CN1CC2. The predicted molar refractivity (Wildman–Crippen MR) is 135 cm³/mol. The molecule has 0 saturated heterocycles. The highest BCUT2D eigenvalue weighted by molar-refractivity contribution is 6.31. The molecule has 3 aromatic rings. The number of nitrogens with zero attached hydrogens (tertiary/aromatic N) is 1. The smallest absolute Gasteiger partial charge is 0.341 e. The number of methoxy groups -OCH3 is 2. The lowest BCUT2D eigenvalue weighted by Crippen LogP contribution is -2.39. The Balaban J connectivity index is 1.49. The molecule has 0 amide bonds. The minimum atomic E-state index is -1.04. The second kappa shape index (κ2) is 10.3. The van der Waals surface area contributed by atoms with Crippen molar-refractivity contribution in [3.05, 3.63) is 81.4 Å². The highest BCUT2D eigenvalue weighted by Gasteiger charge is 2.36. The quantitative estimate of drug-likeness (QED) is 0.455. The van der Waals surface area contributed by atoms with Crippen LogP contribution in [0.4, 0.5) is 0 Å². The molecule has 8 heteroatoms. The Morgan fingerprint density at radius 2 is 1.81 bits per heavy atom. The first-order chi connectivity index (χ1) is 17.5. The van der Waals surface area contributed by atoms with Gasteiger partial charge in [-0.2, -0.15) is 0 Å². The molecule has 2 aliphatic rings. The Hall–Kier alpha value is -3.42.